The van der Waals surface area contributed by atoms with Crippen molar-refractivity contribution >= 4 is 38.1 Å². The average molecular weight is 328 g/mol. The van der Waals surface area contributed by atoms with Gasteiger partial charge in [0.2, 0.25) is 11.0 Å². The summed E-state index contributed by atoms with van der Waals surface area (Å²) < 4.78 is 26.4. The van der Waals surface area contributed by atoms with Gasteiger partial charge in [0.25, 0.3) is 14.4 Å². The van der Waals surface area contributed by atoms with Gasteiger partial charge in [-0.15, -0.1) is 10.2 Å². The van der Waals surface area contributed by atoms with Crippen molar-refractivity contribution in [1.29, 1.82) is 0 Å². The lowest BCUT2D eigenvalue weighted by Gasteiger charge is -2.09. The summed E-state index contributed by atoms with van der Waals surface area (Å²) in [5, 5.41) is 19.1. The third kappa shape index (κ3) is 3.47. The van der Waals surface area contributed by atoms with Crippen molar-refractivity contribution in [1.82, 2.24) is 10.2 Å². The number of carbonyl (C=O) groups excluding carboxylic acids is 1. The highest BCUT2D eigenvalue weighted by atomic mass is 32.2. The number of rotatable bonds is 4. The van der Waals surface area contributed by atoms with E-state index in [4.69, 9.17) is 0 Å². The smallest absolute Gasteiger partial charge is 0.291 e. The number of aromatic nitrogens is 2. The molecule has 21 heavy (non-hydrogen) atoms. The second-order valence-electron chi connectivity index (χ2n) is 4.11. The Kier molecular flexibility index (Phi) is 4.09. The molecule has 10 heteroatoms. The predicted octanol–water partition coefficient (Wildman–Crippen LogP) is 1.31. The highest BCUT2D eigenvalue weighted by Gasteiger charge is 2.21. The molecule has 0 radical (unpaired) electrons. The van der Waals surface area contributed by atoms with Gasteiger partial charge >= 0.3 is 0 Å². The molecule has 0 saturated carbocycles. The number of nitrogens with one attached hydrogen (secondary N) is 2. The van der Waals surface area contributed by atoms with E-state index in [1.165, 1.54) is 25.1 Å². The summed E-state index contributed by atoms with van der Waals surface area (Å²) in [5.41, 5.74) is 0.638. The summed E-state index contributed by atoms with van der Waals surface area (Å²) in [5.74, 6) is -0.390. The molecule has 0 unspecified atom stereocenters. The molecular formula is C11H12N4O4S2. The van der Waals surface area contributed by atoms with Gasteiger partial charge in [0.1, 0.15) is 5.75 Å². The summed E-state index contributed by atoms with van der Waals surface area (Å²) in [6.45, 7) is 2.86. The summed E-state index contributed by atoms with van der Waals surface area (Å²) in [6.07, 6.45) is 0. The molecule has 0 aliphatic carbocycles. The Balaban J connectivity index is 2.28. The van der Waals surface area contributed by atoms with Crippen molar-refractivity contribution in [2.45, 2.75) is 18.2 Å². The Morgan fingerprint density at radius 3 is 2.71 bits per heavy atom. The van der Waals surface area contributed by atoms with Crippen molar-refractivity contribution in [3.8, 4) is 5.75 Å². The van der Waals surface area contributed by atoms with E-state index >= 15 is 0 Å². The van der Waals surface area contributed by atoms with Crippen molar-refractivity contribution in [3.63, 3.8) is 0 Å². The number of amides is 1. The second kappa shape index (κ2) is 5.66. The van der Waals surface area contributed by atoms with Crippen LogP contribution in [-0.4, -0.2) is 29.6 Å². The fraction of sp³-hybridized carbons (Fsp3) is 0.182. The quantitative estimate of drug-likeness (QED) is 0.728. The van der Waals surface area contributed by atoms with E-state index in [1.54, 1.807) is 6.92 Å². The van der Waals surface area contributed by atoms with Crippen molar-refractivity contribution in [2.24, 2.45) is 0 Å². The van der Waals surface area contributed by atoms with E-state index in [1.807, 2.05) is 0 Å². The molecule has 1 aromatic heterocycles. The molecular weight excluding hydrogens is 316 g/mol. The molecule has 0 spiro atoms. The molecule has 0 atom stereocenters. The molecule has 3 N–H and O–H groups in total. The zero-order chi connectivity index (χ0) is 15.6. The third-order valence-corrected chi connectivity index (χ3v) is 5.04. The number of hydrogen-bond acceptors (Lipinski definition) is 7. The summed E-state index contributed by atoms with van der Waals surface area (Å²) in [6, 6.07) is 4.48. The molecule has 0 fully saturated rings. The molecule has 2 aromatic rings. The number of sulfonamides is 1. The normalized spacial score (nSPS) is 11.1. The minimum Gasteiger partial charge on any atom is -0.508 e. The molecule has 1 heterocycles. The fourth-order valence-electron chi connectivity index (χ4n) is 1.44. The number of aromatic hydroxyl groups is 1. The highest BCUT2D eigenvalue weighted by molar-refractivity contribution is 7.94. The lowest BCUT2D eigenvalue weighted by molar-refractivity contribution is -0.114. The first-order chi connectivity index (χ1) is 9.79. The zero-order valence-electron chi connectivity index (χ0n) is 11.1. The van der Waals surface area contributed by atoms with Crippen LogP contribution in [0.4, 0.5) is 10.8 Å². The molecule has 8 nitrogen and oxygen atoms in total. The zero-order valence-corrected chi connectivity index (χ0v) is 12.7. The van der Waals surface area contributed by atoms with Crippen molar-refractivity contribution < 1.29 is 18.3 Å². The maximum absolute atomic E-state index is 12.2. The van der Waals surface area contributed by atoms with E-state index in [0.29, 0.717) is 5.56 Å². The minimum atomic E-state index is -3.94. The number of phenols is 1. The first kappa shape index (κ1) is 15.2. The van der Waals surface area contributed by atoms with Crippen LogP contribution >= 0.6 is 11.3 Å². The minimum absolute atomic E-state index is 0.0219. The summed E-state index contributed by atoms with van der Waals surface area (Å²) in [7, 11) is -3.94. The lowest BCUT2D eigenvalue weighted by Crippen LogP contribution is -2.13. The van der Waals surface area contributed by atoms with E-state index < -0.39 is 10.0 Å². The van der Waals surface area contributed by atoms with Gasteiger partial charge in [-0.2, -0.15) is 8.42 Å². The SMILES string of the molecule is CC(=O)Nc1nnc(S(=O)(=O)Nc2cccc(O)c2C)s1. The van der Waals surface area contributed by atoms with Gasteiger partial charge < -0.3 is 10.4 Å². The first-order valence-electron chi connectivity index (χ1n) is 5.72. The molecule has 1 aromatic carbocycles. The molecule has 2 rings (SSSR count). The average Bonchev–Trinajstić information content (AvgIpc) is 2.83. The van der Waals surface area contributed by atoms with Gasteiger partial charge in [0.15, 0.2) is 0 Å². The highest BCUT2D eigenvalue weighted by Crippen LogP contribution is 2.27. The van der Waals surface area contributed by atoms with Crippen LogP contribution in [0.2, 0.25) is 0 Å². The molecule has 112 valence electrons. The van der Waals surface area contributed by atoms with Crippen LogP contribution in [-0.2, 0) is 14.8 Å². The van der Waals surface area contributed by atoms with Gasteiger partial charge in [-0.05, 0) is 19.1 Å². The van der Waals surface area contributed by atoms with E-state index in [9.17, 15) is 18.3 Å². The Morgan fingerprint density at radius 2 is 2.05 bits per heavy atom. The fourth-order valence-corrected chi connectivity index (χ4v) is 3.51. The van der Waals surface area contributed by atoms with Crippen LogP contribution in [0, 0.1) is 6.92 Å². The number of benzene rings is 1. The van der Waals surface area contributed by atoms with E-state index in [0.717, 1.165) is 11.3 Å². The summed E-state index contributed by atoms with van der Waals surface area (Å²) in [4.78, 5) is 10.9. The molecule has 0 bridgehead atoms. The molecule has 0 saturated heterocycles. The van der Waals surface area contributed by atoms with Crippen molar-refractivity contribution in [3.05, 3.63) is 23.8 Å². The standard InChI is InChI=1S/C11H12N4O4S2/c1-6-8(4-3-5-9(6)17)15-21(18,19)11-14-13-10(20-11)12-7(2)16/h3-5,15,17H,1-2H3,(H,12,13,16). The Hall–Kier alpha value is -2.20. The number of hydrogen-bond donors (Lipinski definition) is 3. The van der Waals surface area contributed by atoms with Gasteiger partial charge in [-0.25, -0.2) is 0 Å². The predicted molar refractivity (Wildman–Crippen MR) is 77.9 cm³/mol. The number of phenolic OH excluding ortho intramolecular Hbond substituents is 1. The van der Waals surface area contributed by atoms with Gasteiger partial charge in [0, 0.05) is 12.5 Å². The van der Waals surface area contributed by atoms with Crippen LogP contribution in [0.3, 0.4) is 0 Å². The molecule has 0 aliphatic heterocycles. The number of nitrogens with zero attached hydrogens (tertiary/aromatic N) is 2. The van der Waals surface area contributed by atoms with Gasteiger partial charge in [0.05, 0.1) is 5.69 Å². The molecule has 0 aliphatic rings. The van der Waals surface area contributed by atoms with E-state index in [-0.39, 0.29) is 26.8 Å². The topological polar surface area (TPSA) is 121 Å². The van der Waals surface area contributed by atoms with Gasteiger partial charge in [-0.3, -0.25) is 9.52 Å². The van der Waals surface area contributed by atoms with Gasteiger partial charge in [-0.1, -0.05) is 17.4 Å². The van der Waals surface area contributed by atoms with Crippen LogP contribution in [0.15, 0.2) is 22.5 Å². The Morgan fingerprint density at radius 1 is 1.33 bits per heavy atom. The second-order valence-corrected chi connectivity index (χ2v) is 6.94. The maximum Gasteiger partial charge on any atom is 0.291 e. The monoisotopic (exact) mass is 328 g/mol. The third-order valence-electron chi connectivity index (χ3n) is 2.47. The van der Waals surface area contributed by atoms with Crippen molar-refractivity contribution in [2.75, 3.05) is 10.0 Å². The van der Waals surface area contributed by atoms with Crippen LogP contribution in [0.1, 0.15) is 12.5 Å². The largest absolute Gasteiger partial charge is 0.508 e. The van der Waals surface area contributed by atoms with Crippen LogP contribution in [0.5, 0.6) is 5.75 Å². The van der Waals surface area contributed by atoms with E-state index in [2.05, 4.69) is 20.2 Å². The first-order valence-corrected chi connectivity index (χ1v) is 8.02. The van der Waals surface area contributed by atoms with Crippen LogP contribution in [0.25, 0.3) is 0 Å². The lowest BCUT2D eigenvalue weighted by atomic mass is 10.2. The Labute approximate surface area is 124 Å². The maximum atomic E-state index is 12.2. The Bertz CT molecular complexity index is 785. The summed E-state index contributed by atoms with van der Waals surface area (Å²) >= 11 is 0.730. The molecule has 1 amide bonds. The van der Waals surface area contributed by atoms with Crippen LogP contribution < -0.4 is 10.0 Å². The number of anilines is 2. The number of carbonyl (C=O) groups is 1.